The first kappa shape index (κ1) is 14.4. The summed E-state index contributed by atoms with van der Waals surface area (Å²) in [6.07, 6.45) is 4.82. The van der Waals surface area contributed by atoms with Crippen molar-refractivity contribution in [2.24, 2.45) is 5.92 Å². The number of hydrogen-bond acceptors (Lipinski definition) is 4. The number of carbonyl (C=O) groups is 1. The molecule has 0 amide bonds. The number of thioether (sulfide) groups is 1. The highest BCUT2D eigenvalue weighted by atomic mass is 32.2. The fourth-order valence-corrected chi connectivity index (χ4v) is 3.14. The molecule has 0 unspecified atom stereocenters. The third kappa shape index (κ3) is 3.49. The maximum atomic E-state index is 10.7. The second-order valence-electron chi connectivity index (χ2n) is 6.09. The van der Waals surface area contributed by atoms with Crippen molar-refractivity contribution < 1.29 is 9.90 Å². The second-order valence-corrected chi connectivity index (χ2v) is 7.03. The molecule has 0 aliphatic heterocycles. The monoisotopic (exact) mass is 283 g/mol. The second kappa shape index (κ2) is 5.53. The van der Waals surface area contributed by atoms with Gasteiger partial charge in [-0.25, -0.2) is 0 Å². The molecule has 5 nitrogen and oxygen atoms in total. The maximum Gasteiger partial charge on any atom is 0.313 e. The Morgan fingerprint density at radius 3 is 2.58 bits per heavy atom. The van der Waals surface area contributed by atoms with Crippen LogP contribution >= 0.6 is 11.8 Å². The van der Waals surface area contributed by atoms with Crippen LogP contribution in [0.2, 0.25) is 0 Å². The van der Waals surface area contributed by atoms with Crippen LogP contribution in [0.1, 0.15) is 45.9 Å². The van der Waals surface area contributed by atoms with Crippen molar-refractivity contribution in [3.63, 3.8) is 0 Å². The molecule has 1 aromatic rings. The van der Waals surface area contributed by atoms with Crippen molar-refractivity contribution in [1.29, 1.82) is 0 Å². The molecule has 0 bridgehead atoms. The molecule has 1 N–H and O–H groups in total. The van der Waals surface area contributed by atoms with Gasteiger partial charge >= 0.3 is 5.97 Å². The normalized spacial score (nSPS) is 16.4. The van der Waals surface area contributed by atoms with Crippen LogP contribution in [-0.4, -0.2) is 31.6 Å². The first-order chi connectivity index (χ1) is 8.88. The van der Waals surface area contributed by atoms with Gasteiger partial charge in [-0.15, -0.1) is 10.2 Å². The summed E-state index contributed by atoms with van der Waals surface area (Å²) in [5, 5.41) is 18.0. The fraction of sp³-hybridized carbons (Fsp3) is 0.769. The molecule has 2 rings (SSSR count). The zero-order chi connectivity index (χ0) is 14.0. The molecule has 1 aromatic heterocycles. The Morgan fingerprint density at radius 1 is 1.42 bits per heavy atom. The van der Waals surface area contributed by atoms with E-state index in [1.54, 1.807) is 0 Å². The van der Waals surface area contributed by atoms with Crippen molar-refractivity contribution in [2.45, 2.75) is 57.1 Å². The van der Waals surface area contributed by atoms with Crippen LogP contribution in [0.5, 0.6) is 0 Å². The summed E-state index contributed by atoms with van der Waals surface area (Å²) in [6, 6.07) is 0. The summed E-state index contributed by atoms with van der Waals surface area (Å²) in [6.45, 7) is 6.31. The van der Waals surface area contributed by atoms with Gasteiger partial charge in [0.25, 0.3) is 0 Å². The standard InChI is InChI=1S/C13H21N3O2S/c1-13(2,3)16-10(7-9-5-4-6-9)14-15-12(16)19-8-11(17)18/h9H,4-8H2,1-3H3,(H,17,18). The van der Waals surface area contributed by atoms with Crippen LogP contribution in [0, 0.1) is 5.92 Å². The lowest BCUT2D eigenvalue weighted by atomic mass is 9.83. The van der Waals surface area contributed by atoms with E-state index in [1.807, 2.05) is 0 Å². The average Bonchev–Trinajstić information content (AvgIpc) is 2.63. The minimum Gasteiger partial charge on any atom is -0.481 e. The van der Waals surface area contributed by atoms with E-state index < -0.39 is 5.97 Å². The van der Waals surface area contributed by atoms with E-state index in [-0.39, 0.29) is 11.3 Å². The van der Waals surface area contributed by atoms with Crippen LogP contribution in [0.25, 0.3) is 0 Å². The van der Waals surface area contributed by atoms with Gasteiger partial charge in [0.2, 0.25) is 0 Å². The van der Waals surface area contributed by atoms with Crippen LogP contribution in [-0.2, 0) is 16.8 Å². The maximum absolute atomic E-state index is 10.7. The quantitative estimate of drug-likeness (QED) is 0.841. The van der Waals surface area contributed by atoms with E-state index in [2.05, 4.69) is 35.5 Å². The summed E-state index contributed by atoms with van der Waals surface area (Å²) >= 11 is 1.25. The molecule has 0 saturated heterocycles. The van der Waals surface area contributed by atoms with Gasteiger partial charge in [-0.2, -0.15) is 0 Å². The van der Waals surface area contributed by atoms with Gasteiger partial charge in [0.15, 0.2) is 5.16 Å². The van der Waals surface area contributed by atoms with E-state index in [1.165, 1.54) is 31.0 Å². The lowest BCUT2D eigenvalue weighted by molar-refractivity contribution is -0.133. The zero-order valence-electron chi connectivity index (χ0n) is 11.7. The van der Waals surface area contributed by atoms with E-state index in [0.717, 1.165) is 18.2 Å². The number of aliphatic carboxylic acids is 1. The van der Waals surface area contributed by atoms with Gasteiger partial charge in [-0.05, 0) is 26.7 Å². The molecule has 6 heteroatoms. The first-order valence-electron chi connectivity index (χ1n) is 6.67. The molecule has 1 aliphatic carbocycles. The summed E-state index contributed by atoms with van der Waals surface area (Å²) in [4.78, 5) is 10.7. The average molecular weight is 283 g/mol. The molecule has 1 heterocycles. The van der Waals surface area contributed by atoms with Crippen LogP contribution in [0.3, 0.4) is 0 Å². The predicted octanol–water partition coefficient (Wildman–Crippen LogP) is 2.55. The highest BCUT2D eigenvalue weighted by molar-refractivity contribution is 7.99. The minimum absolute atomic E-state index is 0.0254. The number of rotatable bonds is 5. The Bertz CT molecular complexity index is 461. The molecule has 1 aliphatic rings. The number of hydrogen-bond donors (Lipinski definition) is 1. The first-order valence-corrected chi connectivity index (χ1v) is 7.66. The molecule has 1 saturated carbocycles. The molecule has 0 spiro atoms. The predicted molar refractivity (Wildman–Crippen MR) is 74.4 cm³/mol. The molecule has 0 aromatic carbocycles. The van der Waals surface area contributed by atoms with Crippen LogP contribution in [0.15, 0.2) is 5.16 Å². The molecule has 19 heavy (non-hydrogen) atoms. The number of carboxylic acids is 1. The summed E-state index contributed by atoms with van der Waals surface area (Å²) in [5.41, 5.74) is -0.122. The van der Waals surface area contributed by atoms with Crippen molar-refractivity contribution in [3.8, 4) is 0 Å². The van der Waals surface area contributed by atoms with Crippen LogP contribution in [0.4, 0.5) is 0 Å². The summed E-state index contributed by atoms with van der Waals surface area (Å²) < 4.78 is 2.10. The lowest BCUT2D eigenvalue weighted by Crippen LogP contribution is -2.27. The van der Waals surface area contributed by atoms with Gasteiger partial charge in [-0.1, -0.05) is 31.0 Å². The molecule has 106 valence electrons. The number of aromatic nitrogens is 3. The van der Waals surface area contributed by atoms with Crippen molar-refractivity contribution in [1.82, 2.24) is 14.8 Å². The van der Waals surface area contributed by atoms with Gasteiger partial charge in [0.1, 0.15) is 5.82 Å². The van der Waals surface area contributed by atoms with E-state index in [0.29, 0.717) is 5.16 Å². The minimum atomic E-state index is -0.825. The Labute approximate surface area is 117 Å². The van der Waals surface area contributed by atoms with Gasteiger partial charge in [0.05, 0.1) is 5.75 Å². The van der Waals surface area contributed by atoms with E-state index >= 15 is 0 Å². The smallest absolute Gasteiger partial charge is 0.313 e. The molecular formula is C13H21N3O2S. The third-order valence-corrected chi connectivity index (χ3v) is 4.31. The van der Waals surface area contributed by atoms with Crippen molar-refractivity contribution >= 4 is 17.7 Å². The van der Waals surface area contributed by atoms with Crippen molar-refractivity contribution in [2.75, 3.05) is 5.75 Å². The number of nitrogens with zero attached hydrogens (tertiary/aromatic N) is 3. The topological polar surface area (TPSA) is 68.0 Å². The summed E-state index contributed by atoms with van der Waals surface area (Å²) in [7, 11) is 0. The molecule has 0 radical (unpaired) electrons. The largest absolute Gasteiger partial charge is 0.481 e. The van der Waals surface area contributed by atoms with Crippen molar-refractivity contribution in [3.05, 3.63) is 5.82 Å². The summed E-state index contributed by atoms with van der Waals surface area (Å²) in [5.74, 6) is 0.916. The third-order valence-electron chi connectivity index (χ3n) is 3.39. The fourth-order valence-electron chi connectivity index (χ4n) is 2.28. The Morgan fingerprint density at radius 2 is 2.11 bits per heavy atom. The van der Waals surface area contributed by atoms with Gasteiger partial charge in [-0.3, -0.25) is 4.79 Å². The highest BCUT2D eigenvalue weighted by Crippen LogP contribution is 2.32. The van der Waals surface area contributed by atoms with E-state index in [9.17, 15) is 4.79 Å². The zero-order valence-corrected chi connectivity index (χ0v) is 12.5. The Balaban J connectivity index is 2.19. The SMILES string of the molecule is CC(C)(C)n1c(CC2CCC2)nnc1SCC(=O)O. The Hall–Kier alpha value is -1.04. The molecule has 0 atom stereocenters. The number of carboxylic acid groups (broad SMARTS) is 1. The highest BCUT2D eigenvalue weighted by Gasteiger charge is 2.27. The van der Waals surface area contributed by atoms with E-state index in [4.69, 9.17) is 5.11 Å². The molecular weight excluding hydrogens is 262 g/mol. The van der Waals surface area contributed by atoms with Crippen LogP contribution < -0.4 is 0 Å². The van der Waals surface area contributed by atoms with Gasteiger partial charge < -0.3 is 9.67 Å². The molecule has 1 fully saturated rings. The lowest BCUT2D eigenvalue weighted by Gasteiger charge is -2.28. The van der Waals surface area contributed by atoms with Gasteiger partial charge in [0, 0.05) is 12.0 Å². The Kier molecular flexibility index (Phi) is 4.18.